The molecule has 0 fully saturated rings. The predicted molar refractivity (Wildman–Crippen MR) is 175 cm³/mol. The second-order valence-corrected chi connectivity index (χ2v) is 12.4. The predicted octanol–water partition coefficient (Wildman–Crippen LogP) is 12.5. The van der Waals surface area contributed by atoms with Crippen molar-refractivity contribution in [1.82, 2.24) is 9.97 Å². The molecule has 1 heterocycles. The first-order valence-corrected chi connectivity index (χ1v) is 17.9. The Labute approximate surface area is 246 Å². The Morgan fingerprint density at radius 3 is 0.974 bits per heavy atom. The van der Waals surface area contributed by atoms with Crippen LogP contribution in [0.5, 0.6) is 0 Å². The maximum absolute atomic E-state index is 4.88. The Kier molecular flexibility index (Phi) is 26.5. The lowest BCUT2D eigenvalue weighted by Crippen LogP contribution is -2.04. The molecular weight excluding hydrogens is 472 g/mol. The number of aryl methyl sites for hydroxylation is 3. The van der Waals surface area contributed by atoms with E-state index in [9.17, 15) is 0 Å². The van der Waals surface area contributed by atoms with Crippen LogP contribution in [0.1, 0.15) is 204 Å². The first kappa shape index (κ1) is 36.1. The van der Waals surface area contributed by atoms with E-state index < -0.39 is 0 Å². The Morgan fingerprint density at radius 1 is 0.410 bits per heavy atom. The van der Waals surface area contributed by atoms with Crippen molar-refractivity contribution in [3.8, 4) is 0 Å². The summed E-state index contributed by atoms with van der Waals surface area (Å²) in [5, 5.41) is 0. The van der Waals surface area contributed by atoms with Gasteiger partial charge in [0.1, 0.15) is 5.82 Å². The van der Waals surface area contributed by atoms with E-state index in [-0.39, 0.29) is 0 Å². The summed E-state index contributed by atoms with van der Waals surface area (Å²) in [7, 11) is 0. The molecule has 2 heteroatoms. The summed E-state index contributed by atoms with van der Waals surface area (Å²) < 4.78 is 0. The third-order valence-corrected chi connectivity index (χ3v) is 8.35. The van der Waals surface area contributed by atoms with Crippen molar-refractivity contribution in [3.63, 3.8) is 0 Å². The SMILES string of the molecule is [CH2]CCc1nc(CCCCCCCCCCCCCCC)cc(CCCCCCCCCCCCCCC)n1. The summed E-state index contributed by atoms with van der Waals surface area (Å²) in [4.78, 5) is 9.76. The molecule has 1 aromatic heterocycles. The van der Waals surface area contributed by atoms with E-state index in [2.05, 4.69) is 26.8 Å². The molecule has 0 N–H and O–H groups in total. The zero-order valence-electron chi connectivity index (χ0n) is 26.9. The van der Waals surface area contributed by atoms with Gasteiger partial charge in [0.25, 0.3) is 0 Å². The molecule has 0 saturated heterocycles. The lowest BCUT2D eigenvalue weighted by molar-refractivity contribution is 0.537. The van der Waals surface area contributed by atoms with Crippen LogP contribution in [0.2, 0.25) is 0 Å². The largest absolute Gasteiger partial charge is 0.238 e. The third kappa shape index (κ3) is 23.5. The minimum atomic E-state index is 0.889. The standard InChI is InChI=1S/C37H69N2/c1-4-7-9-11-13-15-17-19-21-23-25-27-29-32-35-34-36(39-37(38-35)31-6-3)33-30-28-26-24-22-20-18-16-14-12-10-8-5-2/h34H,3-33H2,1-2H3. The molecular formula is C37H69N2. The molecule has 0 unspecified atom stereocenters. The molecule has 0 aliphatic carbocycles. The molecule has 227 valence electrons. The van der Waals surface area contributed by atoms with Crippen LogP contribution in [-0.4, -0.2) is 9.97 Å². The molecule has 39 heavy (non-hydrogen) atoms. The molecule has 0 amide bonds. The quantitative estimate of drug-likeness (QED) is 0.0905. The van der Waals surface area contributed by atoms with E-state index in [0.29, 0.717) is 0 Å². The first-order valence-electron chi connectivity index (χ1n) is 17.9. The van der Waals surface area contributed by atoms with Crippen molar-refractivity contribution in [2.75, 3.05) is 0 Å². The van der Waals surface area contributed by atoms with Crippen molar-refractivity contribution in [3.05, 3.63) is 30.2 Å². The van der Waals surface area contributed by atoms with E-state index in [0.717, 1.165) is 31.5 Å². The summed E-state index contributed by atoms with van der Waals surface area (Å²) in [6, 6.07) is 2.31. The van der Waals surface area contributed by atoms with Crippen molar-refractivity contribution in [2.24, 2.45) is 0 Å². The molecule has 0 bridgehead atoms. The highest BCUT2D eigenvalue weighted by atomic mass is 14.9. The molecule has 0 aliphatic rings. The van der Waals surface area contributed by atoms with Gasteiger partial charge in [-0.1, -0.05) is 175 Å². The van der Waals surface area contributed by atoms with Gasteiger partial charge in [-0.3, -0.25) is 0 Å². The summed E-state index contributed by atoms with van der Waals surface area (Å²) in [6.45, 7) is 8.64. The van der Waals surface area contributed by atoms with E-state index in [1.54, 1.807) is 0 Å². The number of unbranched alkanes of at least 4 members (excludes halogenated alkanes) is 24. The number of nitrogens with zero attached hydrogens (tertiary/aromatic N) is 2. The average molecular weight is 542 g/mol. The summed E-state index contributed by atoms with van der Waals surface area (Å²) in [5.74, 6) is 1.03. The Hall–Kier alpha value is -0.920. The van der Waals surface area contributed by atoms with Crippen LogP contribution in [0.15, 0.2) is 6.07 Å². The highest BCUT2D eigenvalue weighted by Gasteiger charge is 2.05. The van der Waals surface area contributed by atoms with Gasteiger partial charge in [-0.15, -0.1) is 0 Å². The minimum absolute atomic E-state index is 0.889. The highest BCUT2D eigenvalue weighted by molar-refractivity contribution is 5.12. The fourth-order valence-corrected chi connectivity index (χ4v) is 5.79. The van der Waals surface area contributed by atoms with Crippen LogP contribution in [0.25, 0.3) is 0 Å². The van der Waals surface area contributed by atoms with Crippen LogP contribution < -0.4 is 0 Å². The van der Waals surface area contributed by atoms with Crippen LogP contribution in [0.3, 0.4) is 0 Å². The molecule has 1 radical (unpaired) electrons. The number of rotatable bonds is 30. The van der Waals surface area contributed by atoms with Gasteiger partial charge in [0, 0.05) is 17.8 Å². The van der Waals surface area contributed by atoms with Gasteiger partial charge in [-0.25, -0.2) is 9.97 Å². The second-order valence-electron chi connectivity index (χ2n) is 12.4. The van der Waals surface area contributed by atoms with Crippen molar-refractivity contribution < 1.29 is 0 Å². The van der Waals surface area contributed by atoms with Gasteiger partial charge in [-0.05, 0) is 38.2 Å². The Balaban J connectivity index is 2.09. The summed E-state index contributed by atoms with van der Waals surface area (Å²) in [6.07, 6.45) is 40.7. The number of hydrogen-bond acceptors (Lipinski definition) is 2. The van der Waals surface area contributed by atoms with Crippen LogP contribution in [0, 0.1) is 6.92 Å². The van der Waals surface area contributed by atoms with Crippen LogP contribution in [0.4, 0.5) is 0 Å². The fourth-order valence-electron chi connectivity index (χ4n) is 5.79. The Morgan fingerprint density at radius 2 is 0.692 bits per heavy atom. The molecule has 0 spiro atoms. The van der Waals surface area contributed by atoms with Crippen molar-refractivity contribution in [1.29, 1.82) is 0 Å². The monoisotopic (exact) mass is 542 g/mol. The molecule has 2 nitrogen and oxygen atoms in total. The maximum atomic E-state index is 4.88. The Bertz CT molecular complexity index is 578. The topological polar surface area (TPSA) is 25.8 Å². The van der Waals surface area contributed by atoms with Gasteiger partial charge in [-0.2, -0.15) is 0 Å². The molecule has 1 aromatic rings. The maximum Gasteiger partial charge on any atom is 0.128 e. The summed E-state index contributed by atoms with van der Waals surface area (Å²) >= 11 is 0. The number of aromatic nitrogens is 2. The van der Waals surface area contributed by atoms with Crippen molar-refractivity contribution in [2.45, 2.75) is 206 Å². The lowest BCUT2D eigenvalue weighted by Gasteiger charge is -2.09. The van der Waals surface area contributed by atoms with Crippen LogP contribution >= 0.6 is 0 Å². The lowest BCUT2D eigenvalue weighted by atomic mass is 10.0. The fraction of sp³-hybridized carbons (Fsp3) is 0.865. The summed E-state index contributed by atoms with van der Waals surface area (Å²) in [5.41, 5.74) is 2.56. The van der Waals surface area contributed by atoms with Gasteiger partial charge < -0.3 is 0 Å². The van der Waals surface area contributed by atoms with E-state index in [1.807, 2.05) is 0 Å². The van der Waals surface area contributed by atoms with Crippen LogP contribution in [-0.2, 0) is 19.3 Å². The van der Waals surface area contributed by atoms with Gasteiger partial charge in [0.2, 0.25) is 0 Å². The first-order chi connectivity index (χ1) is 19.3. The normalized spacial score (nSPS) is 11.5. The van der Waals surface area contributed by atoms with Crippen molar-refractivity contribution >= 4 is 0 Å². The zero-order chi connectivity index (χ0) is 28.1. The molecule has 1 rings (SSSR count). The molecule has 0 aromatic carbocycles. The zero-order valence-corrected chi connectivity index (χ0v) is 26.9. The number of hydrogen-bond donors (Lipinski definition) is 0. The van der Waals surface area contributed by atoms with Gasteiger partial charge in [0.15, 0.2) is 0 Å². The van der Waals surface area contributed by atoms with Gasteiger partial charge in [0.05, 0.1) is 0 Å². The highest BCUT2D eigenvalue weighted by Crippen LogP contribution is 2.16. The molecule has 0 atom stereocenters. The molecule has 0 aliphatic heterocycles. The van der Waals surface area contributed by atoms with E-state index in [4.69, 9.17) is 9.97 Å². The smallest absolute Gasteiger partial charge is 0.128 e. The second kappa shape index (κ2) is 28.6. The van der Waals surface area contributed by atoms with E-state index in [1.165, 1.54) is 178 Å². The van der Waals surface area contributed by atoms with E-state index >= 15 is 0 Å². The third-order valence-electron chi connectivity index (χ3n) is 8.35. The average Bonchev–Trinajstić information content (AvgIpc) is 2.94. The van der Waals surface area contributed by atoms with Gasteiger partial charge >= 0.3 is 0 Å². The molecule has 0 saturated carbocycles. The minimum Gasteiger partial charge on any atom is -0.238 e.